The average molecular weight is 484 g/mol. The number of hydrogen-bond acceptors (Lipinski definition) is 4. The highest BCUT2D eigenvalue weighted by Gasteiger charge is 2.84. The van der Waals surface area contributed by atoms with Gasteiger partial charge in [0, 0.05) is 0 Å². The molecular formula is C7F16O4S. The van der Waals surface area contributed by atoms with E-state index in [9.17, 15) is 78.2 Å². The molecule has 0 heterocycles. The molecule has 0 amide bonds. The van der Waals surface area contributed by atoms with Gasteiger partial charge < -0.3 is 0 Å². The Morgan fingerprint density at radius 1 is 0.500 bits per heavy atom. The van der Waals surface area contributed by atoms with Gasteiger partial charge in [-0.05, 0) is 0 Å². The Balaban J connectivity index is 6.45. The van der Waals surface area contributed by atoms with Crippen LogP contribution in [-0.4, -0.2) is 50.2 Å². The number of ether oxygens (including phenoxy) is 2. The van der Waals surface area contributed by atoms with Gasteiger partial charge in [-0.2, -0.15) is 74.3 Å². The van der Waals surface area contributed by atoms with Gasteiger partial charge in [-0.25, -0.2) is 4.74 Å². The van der Waals surface area contributed by atoms with Gasteiger partial charge in [0.25, 0.3) is 0 Å². The number of rotatable bonds is 7. The van der Waals surface area contributed by atoms with E-state index in [1.807, 2.05) is 0 Å². The minimum Gasteiger partial charge on any atom is -0.262 e. The summed E-state index contributed by atoms with van der Waals surface area (Å²) in [4.78, 5) is 0. The van der Waals surface area contributed by atoms with Crippen molar-refractivity contribution in [1.29, 1.82) is 0 Å². The van der Waals surface area contributed by atoms with E-state index in [1.165, 1.54) is 9.47 Å². The molecule has 0 N–H and O–H groups in total. The fourth-order valence-electron chi connectivity index (χ4n) is 0.945. The zero-order valence-corrected chi connectivity index (χ0v) is 12.4. The first kappa shape index (κ1) is 26.8. The molecular weight excluding hydrogens is 484 g/mol. The van der Waals surface area contributed by atoms with E-state index in [4.69, 9.17) is 0 Å². The van der Waals surface area contributed by atoms with E-state index in [0.29, 0.717) is 0 Å². The van der Waals surface area contributed by atoms with Gasteiger partial charge >= 0.3 is 52.0 Å². The highest BCUT2D eigenvalue weighted by molar-refractivity contribution is 7.87. The molecule has 0 bridgehead atoms. The maximum atomic E-state index is 13.4. The Bertz CT molecular complexity index is 676. The summed E-state index contributed by atoms with van der Waals surface area (Å²) in [5, 5.41) is -7.55. The molecule has 0 spiro atoms. The third-order valence-electron chi connectivity index (χ3n) is 2.24. The maximum absolute atomic E-state index is 13.4. The van der Waals surface area contributed by atoms with Crippen molar-refractivity contribution in [1.82, 2.24) is 0 Å². The van der Waals surface area contributed by atoms with E-state index < -0.39 is 52.0 Å². The average Bonchev–Trinajstić information content (AvgIpc) is 2.31. The Hall–Kier alpha value is -1.25. The first-order valence-electron chi connectivity index (χ1n) is 5.34. The van der Waals surface area contributed by atoms with E-state index in [1.54, 1.807) is 0 Å². The molecule has 0 saturated heterocycles. The molecule has 0 aliphatic heterocycles. The monoisotopic (exact) mass is 484 g/mol. The molecule has 0 aromatic carbocycles. The van der Waals surface area contributed by atoms with Crippen LogP contribution in [0.3, 0.4) is 0 Å². The van der Waals surface area contributed by atoms with Crippen LogP contribution in [0.4, 0.5) is 69.7 Å². The van der Waals surface area contributed by atoms with E-state index in [-0.39, 0.29) is 0 Å². The molecule has 170 valence electrons. The van der Waals surface area contributed by atoms with Gasteiger partial charge in [-0.15, -0.1) is 0 Å². The second-order valence-electron chi connectivity index (χ2n) is 4.30. The molecule has 0 aliphatic rings. The van der Waals surface area contributed by atoms with Crippen molar-refractivity contribution >= 4 is 10.2 Å². The summed E-state index contributed by atoms with van der Waals surface area (Å²) >= 11 is 0. The van der Waals surface area contributed by atoms with Crippen molar-refractivity contribution in [3.05, 3.63) is 0 Å². The van der Waals surface area contributed by atoms with Crippen LogP contribution >= 0.6 is 0 Å². The van der Waals surface area contributed by atoms with Crippen LogP contribution in [0.15, 0.2) is 0 Å². The lowest BCUT2D eigenvalue weighted by Crippen LogP contribution is -2.65. The quantitative estimate of drug-likeness (QED) is 0.395. The topological polar surface area (TPSA) is 52.6 Å². The second kappa shape index (κ2) is 6.64. The Morgan fingerprint density at radius 3 is 1.11 bits per heavy atom. The summed E-state index contributed by atoms with van der Waals surface area (Å²) in [6.45, 7) is 0. The molecule has 0 unspecified atom stereocenters. The zero-order valence-electron chi connectivity index (χ0n) is 11.6. The molecule has 0 aliphatic carbocycles. The number of hydrogen-bond donors (Lipinski definition) is 0. The van der Waals surface area contributed by atoms with Crippen molar-refractivity contribution in [2.24, 2.45) is 0 Å². The van der Waals surface area contributed by atoms with Crippen LogP contribution in [0.2, 0.25) is 0 Å². The number of halogens is 16. The van der Waals surface area contributed by atoms with Crippen LogP contribution in [0.1, 0.15) is 0 Å². The summed E-state index contributed by atoms with van der Waals surface area (Å²) in [6, 6.07) is 0. The van der Waals surface area contributed by atoms with Crippen LogP contribution in [0.25, 0.3) is 0 Å². The molecule has 1 atom stereocenters. The molecule has 4 nitrogen and oxygen atoms in total. The summed E-state index contributed by atoms with van der Waals surface area (Å²) in [6.07, 6.45) is -38.2. The fourth-order valence-corrected chi connectivity index (χ4v) is 1.27. The SMILES string of the molecule is O=S(=O)(F)C(F)(F)C(F)(F)O[C@@](F)(C(F)(F)F)C(F)(F)OC(F)(F)C(F)(F)F. The van der Waals surface area contributed by atoms with Gasteiger partial charge in [-0.1, -0.05) is 3.89 Å². The smallest absolute Gasteiger partial charge is 0.262 e. The van der Waals surface area contributed by atoms with E-state index in [0.717, 1.165) is 0 Å². The van der Waals surface area contributed by atoms with E-state index >= 15 is 0 Å². The van der Waals surface area contributed by atoms with Gasteiger partial charge in [0.15, 0.2) is 0 Å². The summed E-state index contributed by atoms with van der Waals surface area (Å²) < 4.78 is 220. The van der Waals surface area contributed by atoms with Crippen LogP contribution in [0.5, 0.6) is 0 Å². The normalized spacial score (nSPS) is 18.1. The first-order valence-corrected chi connectivity index (χ1v) is 6.73. The van der Waals surface area contributed by atoms with Crippen molar-refractivity contribution in [2.75, 3.05) is 0 Å². The molecule has 0 aromatic heterocycles. The lowest BCUT2D eigenvalue weighted by atomic mass is 10.2. The molecule has 28 heavy (non-hydrogen) atoms. The van der Waals surface area contributed by atoms with Gasteiger partial charge in [0.1, 0.15) is 0 Å². The van der Waals surface area contributed by atoms with Gasteiger partial charge in [-0.3, -0.25) is 4.74 Å². The van der Waals surface area contributed by atoms with Gasteiger partial charge in [0.05, 0.1) is 0 Å². The highest BCUT2D eigenvalue weighted by atomic mass is 32.3. The van der Waals surface area contributed by atoms with Crippen molar-refractivity contribution in [3.63, 3.8) is 0 Å². The fraction of sp³-hybridized carbons (Fsp3) is 1.00. The Kier molecular flexibility index (Phi) is 6.34. The van der Waals surface area contributed by atoms with Crippen molar-refractivity contribution in [3.8, 4) is 0 Å². The molecule has 21 heteroatoms. The molecule has 0 fully saturated rings. The van der Waals surface area contributed by atoms with Gasteiger partial charge in [0.2, 0.25) is 0 Å². The highest BCUT2D eigenvalue weighted by Crippen LogP contribution is 2.55. The van der Waals surface area contributed by atoms with E-state index in [2.05, 4.69) is 0 Å². The second-order valence-corrected chi connectivity index (χ2v) is 5.69. The Labute approximate surface area is 141 Å². The predicted molar refractivity (Wildman–Crippen MR) is 47.9 cm³/mol. The number of alkyl halides is 15. The lowest BCUT2D eigenvalue weighted by Gasteiger charge is -2.38. The van der Waals surface area contributed by atoms with Crippen LogP contribution in [-0.2, 0) is 19.7 Å². The summed E-state index contributed by atoms with van der Waals surface area (Å²) in [5.74, 6) is -7.98. The lowest BCUT2D eigenvalue weighted by molar-refractivity contribution is -0.551. The molecule has 0 rings (SSSR count). The molecule has 0 aromatic rings. The minimum atomic E-state index is -8.04. The van der Waals surface area contributed by atoms with Crippen LogP contribution < -0.4 is 0 Å². The molecule has 0 radical (unpaired) electrons. The minimum absolute atomic E-state index is 1.19. The summed E-state index contributed by atoms with van der Waals surface area (Å²) in [7, 11) is -8.04. The third-order valence-corrected chi connectivity index (χ3v) is 3.09. The van der Waals surface area contributed by atoms with Crippen LogP contribution in [0, 0.1) is 0 Å². The van der Waals surface area contributed by atoms with Crippen molar-refractivity contribution in [2.45, 2.75) is 41.8 Å². The largest absolute Gasteiger partial charge is 0.483 e. The molecule has 0 saturated carbocycles. The standard InChI is InChI=1S/C7F16O4S/c8-1(2(9,10)11,4(15,16)27-5(17,18)3(12,13)14)26-6(19,20)7(21,22)28(23,24)25/t1-/m0/s1. The zero-order chi connectivity index (χ0) is 23.4. The third kappa shape index (κ3) is 4.49. The predicted octanol–water partition coefficient (Wildman–Crippen LogP) is 4.48. The maximum Gasteiger partial charge on any atom is 0.483 e. The summed E-state index contributed by atoms with van der Waals surface area (Å²) in [5.41, 5.74) is 0. The Morgan fingerprint density at radius 2 is 0.857 bits per heavy atom. The van der Waals surface area contributed by atoms with Crippen molar-refractivity contribution < 1.29 is 87.6 Å². The first-order chi connectivity index (χ1) is 11.7.